The Bertz CT molecular complexity index is 890. The molecule has 0 saturated heterocycles. The normalized spacial score (nSPS) is 13.5. The lowest BCUT2D eigenvalue weighted by Crippen LogP contribution is -2.48. The van der Waals surface area contributed by atoms with Gasteiger partial charge in [0.15, 0.2) is 0 Å². The molecule has 4 N–H and O–H groups in total. The molecule has 0 radical (unpaired) electrons. The first-order valence-electron chi connectivity index (χ1n) is 27.2. The lowest BCUT2D eigenvalue weighted by atomic mass is 10.0. The van der Waals surface area contributed by atoms with Crippen molar-refractivity contribution >= 4 is 5.91 Å². The summed E-state index contributed by atoms with van der Waals surface area (Å²) in [6.07, 6.45) is 63.9. The van der Waals surface area contributed by atoms with Crippen LogP contribution < -0.4 is 5.32 Å². The van der Waals surface area contributed by atoms with E-state index < -0.39 is 24.2 Å². The Morgan fingerprint density at radius 2 is 0.683 bits per heavy atom. The standard InChI is InChI=1S/C55H107NO4/c1-3-5-7-9-11-13-15-17-19-21-23-25-27-29-31-33-35-37-39-41-43-45-47-49-53(58)52(51-57)56-55(60)54(59)50-48-46-44-42-40-38-36-34-32-30-28-26-24-22-20-18-16-14-12-10-8-6-4-2/h39,41,47,49,52-54,57-59H,3-38,40,42-46,48,50-51H2,1-2H3,(H,56,60)/b41-39+,49-47+. The Morgan fingerprint density at radius 3 is 1.02 bits per heavy atom. The summed E-state index contributed by atoms with van der Waals surface area (Å²) in [6.45, 7) is 4.21. The van der Waals surface area contributed by atoms with E-state index in [1.807, 2.05) is 6.08 Å². The van der Waals surface area contributed by atoms with Gasteiger partial charge in [-0.15, -0.1) is 0 Å². The van der Waals surface area contributed by atoms with Crippen molar-refractivity contribution in [2.45, 2.75) is 315 Å². The van der Waals surface area contributed by atoms with Gasteiger partial charge in [0.25, 0.3) is 0 Å². The van der Waals surface area contributed by atoms with E-state index in [2.05, 4.69) is 31.3 Å². The molecule has 0 spiro atoms. The molecule has 0 aliphatic rings. The van der Waals surface area contributed by atoms with E-state index in [0.717, 1.165) is 38.5 Å². The molecule has 0 aromatic heterocycles. The molecule has 0 heterocycles. The highest BCUT2D eigenvalue weighted by molar-refractivity contribution is 5.80. The van der Waals surface area contributed by atoms with Gasteiger partial charge >= 0.3 is 0 Å². The van der Waals surface area contributed by atoms with Gasteiger partial charge in [-0.05, 0) is 32.1 Å². The van der Waals surface area contributed by atoms with Crippen LogP contribution in [0.3, 0.4) is 0 Å². The topological polar surface area (TPSA) is 89.8 Å². The molecule has 3 unspecified atom stereocenters. The number of rotatable bonds is 50. The minimum Gasteiger partial charge on any atom is -0.394 e. The van der Waals surface area contributed by atoms with E-state index in [9.17, 15) is 20.1 Å². The van der Waals surface area contributed by atoms with Crippen LogP contribution in [0.4, 0.5) is 0 Å². The molecule has 0 saturated carbocycles. The Balaban J connectivity index is 3.60. The number of hydrogen-bond donors (Lipinski definition) is 4. The molecule has 0 fully saturated rings. The van der Waals surface area contributed by atoms with E-state index in [4.69, 9.17) is 0 Å². The zero-order valence-corrected chi connectivity index (χ0v) is 40.6. The van der Waals surface area contributed by atoms with E-state index in [-0.39, 0.29) is 6.61 Å². The summed E-state index contributed by atoms with van der Waals surface area (Å²) in [6, 6.07) is -0.812. The van der Waals surface area contributed by atoms with Gasteiger partial charge in [-0.1, -0.05) is 289 Å². The minimum absolute atomic E-state index is 0.372. The maximum Gasteiger partial charge on any atom is 0.249 e. The summed E-state index contributed by atoms with van der Waals surface area (Å²) in [5.74, 6) is -0.507. The summed E-state index contributed by atoms with van der Waals surface area (Å²) in [4.78, 5) is 12.5. The van der Waals surface area contributed by atoms with Gasteiger partial charge < -0.3 is 20.6 Å². The van der Waals surface area contributed by atoms with Gasteiger partial charge in [0, 0.05) is 0 Å². The average molecular weight is 846 g/mol. The van der Waals surface area contributed by atoms with Crippen molar-refractivity contribution in [1.82, 2.24) is 5.32 Å². The highest BCUT2D eigenvalue weighted by Crippen LogP contribution is 2.17. The zero-order chi connectivity index (χ0) is 43.7. The molecule has 5 heteroatoms. The molecule has 0 aromatic carbocycles. The zero-order valence-electron chi connectivity index (χ0n) is 40.6. The van der Waals surface area contributed by atoms with Crippen LogP contribution in [-0.2, 0) is 4.79 Å². The Morgan fingerprint density at radius 1 is 0.400 bits per heavy atom. The van der Waals surface area contributed by atoms with E-state index >= 15 is 0 Å². The molecule has 3 atom stereocenters. The number of unbranched alkanes of at least 4 members (excludes halogenated alkanes) is 40. The predicted molar refractivity (Wildman–Crippen MR) is 264 cm³/mol. The Kier molecular flexibility index (Phi) is 49.5. The van der Waals surface area contributed by atoms with Crippen LogP contribution in [0.15, 0.2) is 24.3 Å². The van der Waals surface area contributed by atoms with Gasteiger partial charge in [0.2, 0.25) is 5.91 Å². The summed E-state index contributed by atoms with van der Waals surface area (Å²) >= 11 is 0. The number of carbonyl (C=O) groups is 1. The molecule has 0 aliphatic heterocycles. The first-order chi connectivity index (χ1) is 29.6. The van der Waals surface area contributed by atoms with Gasteiger partial charge in [0.05, 0.1) is 18.8 Å². The van der Waals surface area contributed by atoms with E-state index in [1.165, 1.54) is 238 Å². The number of hydrogen-bond acceptors (Lipinski definition) is 4. The maximum absolute atomic E-state index is 12.5. The molecular weight excluding hydrogens is 739 g/mol. The fraction of sp³-hybridized carbons (Fsp3) is 0.909. The summed E-state index contributed by atoms with van der Waals surface area (Å²) in [5.41, 5.74) is 0. The average Bonchev–Trinajstić information content (AvgIpc) is 3.25. The van der Waals surface area contributed by atoms with Gasteiger partial charge in [-0.25, -0.2) is 0 Å². The fourth-order valence-electron chi connectivity index (χ4n) is 8.56. The molecule has 0 aliphatic carbocycles. The van der Waals surface area contributed by atoms with Crippen molar-refractivity contribution in [1.29, 1.82) is 0 Å². The van der Waals surface area contributed by atoms with Crippen LogP contribution in [0, 0.1) is 0 Å². The van der Waals surface area contributed by atoms with E-state index in [0.29, 0.717) is 6.42 Å². The fourth-order valence-corrected chi connectivity index (χ4v) is 8.56. The first kappa shape index (κ1) is 58.8. The quantitative estimate of drug-likeness (QED) is 0.0363. The van der Waals surface area contributed by atoms with E-state index in [1.54, 1.807) is 6.08 Å². The molecule has 0 bridgehead atoms. The Hall–Kier alpha value is -1.17. The summed E-state index contributed by atoms with van der Waals surface area (Å²) in [5, 5.41) is 33.3. The highest BCUT2D eigenvalue weighted by Gasteiger charge is 2.22. The second kappa shape index (κ2) is 50.5. The molecule has 0 rings (SSSR count). The van der Waals surface area contributed by atoms with Gasteiger partial charge in [-0.2, -0.15) is 0 Å². The lowest BCUT2D eigenvalue weighted by Gasteiger charge is -2.21. The van der Waals surface area contributed by atoms with Crippen LogP contribution >= 0.6 is 0 Å². The maximum atomic E-state index is 12.5. The summed E-state index contributed by atoms with van der Waals surface area (Å²) in [7, 11) is 0. The first-order valence-corrected chi connectivity index (χ1v) is 27.2. The number of aliphatic hydroxyl groups is 3. The number of aliphatic hydroxyl groups excluding tert-OH is 3. The second-order valence-corrected chi connectivity index (χ2v) is 18.8. The second-order valence-electron chi connectivity index (χ2n) is 18.8. The third kappa shape index (κ3) is 44.9. The number of amides is 1. The minimum atomic E-state index is -1.10. The van der Waals surface area contributed by atoms with Crippen molar-refractivity contribution in [3.63, 3.8) is 0 Å². The van der Waals surface area contributed by atoms with Crippen molar-refractivity contribution in [3.05, 3.63) is 24.3 Å². The van der Waals surface area contributed by atoms with Crippen molar-refractivity contribution in [2.75, 3.05) is 6.61 Å². The van der Waals surface area contributed by atoms with Crippen molar-refractivity contribution < 1.29 is 20.1 Å². The van der Waals surface area contributed by atoms with Crippen molar-refractivity contribution in [2.24, 2.45) is 0 Å². The third-order valence-electron chi connectivity index (χ3n) is 12.8. The number of nitrogens with one attached hydrogen (secondary N) is 1. The molecule has 1 amide bonds. The van der Waals surface area contributed by atoms with Crippen molar-refractivity contribution in [3.8, 4) is 0 Å². The summed E-state index contributed by atoms with van der Waals surface area (Å²) < 4.78 is 0. The number of allylic oxidation sites excluding steroid dienone is 3. The lowest BCUT2D eigenvalue weighted by molar-refractivity contribution is -0.131. The van der Waals surface area contributed by atoms with Gasteiger partial charge in [0.1, 0.15) is 6.10 Å². The smallest absolute Gasteiger partial charge is 0.249 e. The van der Waals surface area contributed by atoms with Crippen LogP contribution in [0.5, 0.6) is 0 Å². The molecule has 0 aromatic rings. The van der Waals surface area contributed by atoms with Crippen LogP contribution in [0.25, 0.3) is 0 Å². The molecule has 5 nitrogen and oxygen atoms in total. The monoisotopic (exact) mass is 846 g/mol. The third-order valence-corrected chi connectivity index (χ3v) is 12.8. The largest absolute Gasteiger partial charge is 0.394 e. The number of carbonyl (C=O) groups excluding carboxylic acids is 1. The van der Waals surface area contributed by atoms with Crippen LogP contribution in [0.1, 0.15) is 296 Å². The molecule has 60 heavy (non-hydrogen) atoms. The molecular formula is C55H107NO4. The molecule has 356 valence electrons. The van der Waals surface area contributed by atoms with Gasteiger partial charge in [-0.3, -0.25) is 4.79 Å². The SMILES string of the molecule is CCCCCCCCCCCCCCCCCCC/C=C/CC/C=C/C(O)C(CO)NC(=O)C(O)CCCCCCCCCCCCCCCCCCCCCCCCC. The van der Waals surface area contributed by atoms with Crippen LogP contribution in [0.2, 0.25) is 0 Å². The van der Waals surface area contributed by atoms with Crippen LogP contribution in [-0.4, -0.2) is 46.1 Å². The predicted octanol–water partition coefficient (Wildman–Crippen LogP) is 16.5. The Labute approximate surface area is 375 Å². The highest BCUT2D eigenvalue weighted by atomic mass is 16.3.